The molecule has 1 aliphatic heterocycles. The van der Waals surface area contributed by atoms with Gasteiger partial charge in [-0.15, -0.1) is 0 Å². The zero-order chi connectivity index (χ0) is 20.9. The van der Waals surface area contributed by atoms with Gasteiger partial charge in [0.05, 0.1) is 24.6 Å². The number of carbonyl (C=O) groups is 3. The number of ether oxygens (including phenoxy) is 1. The first-order valence-corrected chi connectivity index (χ1v) is 9.04. The van der Waals surface area contributed by atoms with Gasteiger partial charge in [0.1, 0.15) is 5.75 Å². The number of likely N-dealkylation sites (tertiary alicyclic amines) is 1. The smallest absolute Gasteiger partial charge is 0.353 e. The van der Waals surface area contributed by atoms with Crippen molar-refractivity contribution in [3.05, 3.63) is 29.8 Å². The van der Waals surface area contributed by atoms with Gasteiger partial charge >= 0.3 is 11.9 Å². The van der Waals surface area contributed by atoms with Crippen LogP contribution >= 0.6 is 0 Å². The SMILES string of the molecule is CCOc1ccccc1C(F)(F)C(=O)N(C)CC(=O)N1CCCC(C(=O)O)C1. The van der Waals surface area contributed by atoms with E-state index in [1.165, 1.54) is 23.1 Å². The summed E-state index contributed by atoms with van der Waals surface area (Å²) in [5.74, 6) is -7.73. The molecule has 0 aliphatic carbocycles. The molecule has 1 fully saturated rings. The molecule has 1 saturated heterocycles. The van der Waals surface area contributed by atoms with E-state index in [0.29, 0.717) is 24.3 Å². The van der Waals surface area contributed by atoms with Crippen LogP contribution in [0.2, 0.25) is 0 Å². The fourth-order valence-electron chi connectivity index (χ4n) is 3.14. The fraction of sp³-hybridized carbons (Fsp3) is 0.526. The highest BCUT2D eigenvalue weighted by molar-refractivity contribution is 5.89. The number of carbonyl (C=O) groups excluding carboxylic acids is 2. The maximum absolute atomic E-state index is 14.8. The fourth-order valence-corrected chi connectivity index (χ4v) is 3.14. The number of aliphatic carboxylic acids is 1. The second-order valence-electron chi connectivity index (χ2n) is 6.68. The summed E-state index contributed by atoms with van der Waals surface area (Å²) in [7, 11) is 1.12. The lowest BCUT2D eigenvalue weighted by molar-refractivity contribution is -0.160. The number of piperidine rings is 1. The van der Waals surface area contributed by atoms with E-state index < -0.39 is 41.7 Å². The second-order valence-corrected chi connectivity index (χ2v) is 6.68. The van der Waals surface area contributed by atoms with E-state index in [4.69, 9.17) is 9.84 Å². The van der Waals surface area contributed by atoms with Crippen LogP contribution in [-0.2, 0) is 20.3 Å². The molecular formula is C19H24F2N2O5. The molecule has 1 atom stereocenters. The van der Waals surface area contributed by atoms with Crippen LogP contribution in [0.15, 0.2) is 24.3 Å². The van der Waals surface area contributed by atoms with Gasteiger partial charge < -0.3 is 19.6 Å². The first kappa shape index (κ1) is 21.6. The molecule has 7 nitrogen and oxygen atoms in total. The lowest BCUT2D eigenvalue weighted by Gasteiger charge is -2.32. The highest BCUT2D eigenvalue weighted by Crippen LogP contribution is 2.36. The van der Waals surface area contributed by atoms with Crippen LogP contribution in [0.4, 0.5) is 8.78 Å². The standard InChI is InChI=1S/C19H24F2N2O5/c1-3-28-15-9-5-4-8-14(15)19(20,21)18(27)22(2)12-16(24)23-10-6-7-13(11-23)17(25)26/h4-5,8-9,13H,3,6-7,10-12H2,1-2H3,(H,25,26). The first-order chi connectivity index (χ1) is 13.2. The van der Waals surface area contributed by atoms with Crippen molar-refractivity contribution in [2.45, 2.75) is 25.7 Å². The van der Waals surface area contributed by atoms with E-state index in [-0.39, 0.29) is 18.9 Å². The van der Waals surface area contributed by atoms with Crippen LogP contribution < -0.4 is 4.74 Å². The van der Waals surface area contributed by atoms with Gasteiger partial charge in [-0.1, -0.05) is 12.1 Å². The molecule has 1 aromatic rings. The summed E-state index contributed by atoms with van der Waals surface area (Å²) in [5.41, 5.74) is -0.565. The van der Waals surface area contributed by atoms with Crippen molar-refractivity contribution in [3.8, 4) is 5.75 Å². The summed E-state index contributed by atoms with van der Waals surface area (Å²) in [6.45, 7) is 1.60. The Bertz CT molecular complexity index is 741. The van der Waals surface area contributed by atoms with Crippen molar-refractivity contribution in [2.24, 2.45) is 5.92 Å². The van der Waals surface area contributed by atoms with Crippen LogP contribution in [0.1, 0.15) is 25.3 Å². The Kier molecular flexibility index (Phi) is 6.93. The minimum Gasteiger partial charge on any atom is -0.493 e. The maximum Gasteiger partial charge on any atom is 0.353 e. The van der Waals surface area contributed by atoms with Gasteiger partial charge in [0.2, 0.25) is 5.91 Å². The van der Waals surface area contributed by atoms with E-state index in [1.54, 1.807) is 6.92 Å². The molecule has 1 aromatic carbocycles. The summed E-state index contributed by atoms with van der Waals surface area (Å²) in [5, 5.41) is 9.10. The Balaban J connectivity index is 2.09. The number of alkyl halides is 2. The average molecular weight is 398 g/mol. The molecule has 2 amide bonds. The number of likely N-dealkylation sites (N-methyl/N-ethyl adjacent to an activating group) is 1. The molecule has 0 saturated carbocycles. The topological polar surface area (TPSA) is 87.2 Å². The number of nitrogens with zero attached hydrogens (tertiary/aromatic N) is 2. The third kappa shape index (κ3) is 4.76. The van der Waals surface area contributed by atoms with Gasteiger partial charge in [0.15, 0.2) is 0 Å². The monoisotopic (exact) mass is 398 g/mol. The largest absolute Gasteiger partial charge is 0.493 e. The van der Waals surface area contributed by atoms with Crippen LogP contribution in [0.25, 0.3) is 0 Å². The Morgan fingerprint density at radius 1 is 1.32 bits per heavy atom. The molecule has 2 rings (SSSR count). The molecule has 1 aliphatic rings. The first-order valence-electron chi connectivity index (χ1n) is 9.04. The number of halogens is 2. The molecule has 9 heteroatoms. The third-order valence-electron chi connectivity index (χ3n) is 4.64. The molecule has 0 radical (unpaired) electrons. The normalized spacial score (nSPS) is 17.1. The van der Waals surface area contributed by atoms with Crippen molar-refractivity contribution in [2.75, 3.05) is 33.3 Å². The molecule has 1 heterocycles. The number of benzene rings is 1. The third-order valence-corrected chi connectivity index (χ3v) is 4.64. The minimum absolute atomic E-state index is 0.0137. The minimum atomic E-state index is -3.87. The van der Waals surface area contributed by atoms with Gasteiger partial charge in [-0.2, -0.15) is 8.78 Å². The molecule has 1 N–H and O–H groups in total. The Hall–Kier alpha value is -2.71. The Morgan fingerprint density at radius 3 is 2.64 bits per heavy atom. The summed E-state index contributed by atoms with van der Waals surface area (Å²) in [4.78, 5) is 37.8. The molecule has 0 bridgehead atoms. The predicted octanol–water partition coefficient (Wildman–Crippen LogP) is 1.96. The number of carboxylic acids is 1. The Labute approximate surface area is 161 Å². The highest BCUT2D eigenvalue weighted by atomic mass is 19.3. The molecule has 0 aromatic heterocycles. The van der Waals surface area contributed by atoms with Gasteiger partial charge in [-0.25, -0.2) is 0 Å². The van der Waals surface area contributed by atoms with Gasteiger partial charge in [-0.3, -0.25) is 14.4 Å². The van der Waals surface area contributed by atoms with E-state index in [0.717, 1.165) is 13.1 Å². The number of carboxylic acid groups (broad SMARTS) is 1. The van der Waals surface area contributed by atoms with Crippen molar-refractivity contribution >= 4 is 17.8 Å². The summed E-state index contributed by atoms with van der Waals surface area (Å²) >= 11 is 0. The lowest BCUT2D eigenvalue weighted by Crippen LogP contribution is -2.49. The number of hydrogen-bond acceptors (Lipinski definition) is 4. The van der Waals surface area contributed by atoms with Gasteiger partial charge in [0.25, 0.3) is 5.91 Å². The van der Waals surface area contributed by atoms with Gasteiger partial charge in [-0.05, 0) is 31.9 Å². The molecule has 1 unspecified atom stereocenters. The van der Waals surface area contributed by atoms with E-state index in [2.05, 4.69) is 0 Å². The molecule has 154 valence electrons. The zero-order valence-electron chi connectivity index (χ0n) is 15.9. The summed E-state index contributed by atoms with van der Waals surface area (Å²) in [6.07, 6.45) is 0.971. The molecule has 28 heavy (non-hydrogen) atoms. The predicted molar refractivity (Wildman–Crippen MR) is 96.1 cm³/mol. The quantitative estimate of drug-likeness (QED) is 0.759. The Morgan fingerprint density at radius 2 is 2.00 bits per heavy atom. The maximum atomic E-state index is 14.8. The van der Waals surface area contributed by atoms with Crippen LogP contribution in [0.3, 0.4) is 0 Å². The van der Waals surface area contributed by atoms with E-state index >= 15 is 0 Å². The molecular weight excluding hydrogens is 374 g/mol. The van der Waals surface area contributed by atoms with Crippen molar-refractivity contribution in [1.29, 1.82) is 0 Å². The number of amides is 2. The summed E-state index contributed by atoms with van der Waals surface area (Å²) < 4.78 is 34.7. The van der Waals surface area contributed by atoms with E-state index in [9.17, 15) is 23.2 Å². The molecule has 0 spiro atoms. The van der Waals surface area contributed by atoms with E-state index in [1.807, 2.05) is 0 Å². The van der Waals surface area contributed by atoms with Crippen molar-refractivity contribution in [3.63, 3.8) is 0 Å². The highest BCUT2D eigenvalue weighted by Gasteiger charge is 2.45. The number of rotatable bonds is 7. The second kappa shape index (κ2) is 8.99. The lowest BCUT2D eigenvalue weighted by atomic mass is 9.98. The van der Waals surface area contributed by atoms with Gasteiger partial charge in [0, 0.05) is 20.1 Å². The van der Waals surface area contributed by atoms with Crippen LogP contribution in [0.5, 0.6) is 5.75 Å². The van der Waals surface area contributed by atoms with Crippen LogP contribution in [0, 0.1) is 5.92 Å². The van der Waals surface area contributed by atoms with Crippen LogP contribution in [-0.4, -0.2) is 66.0 Å². The summed E-state index contributed by atoms with van der Waals surface area (Å²) in [6, 6.07) is 5.37. The van der Waals surface area contributed by atoms with Crippen molar-refractivity contribution in [1.82, 2.24) is 9.80 Å². The number of hydrogen-bond donors (Lipinski definition) is 1. The average Bonchev–Trinajstić information content (AvgIpc) is 2.67. The number of para-hydroxylation sites is 1. The zero-order valence-corrected chi connectivity index (χ0v) is 15.9. The van der Waals surface area contributed by atoms with Crippen molar-refractivity contribution < 1.29 is 33.0 Å².